The molecule has 0 saturated carbocycles. The van der Waals surface area contributed by atoms with Gasteiger partial charge in [-0.15, -0.1) is 0 Å². The highest BCUT2D eigenvalue weighted by Crippen LogP contribution is 2.24. The maximum Gasteiger partial charge on any atom is 0.306 e. The van der Waals surface area contributed by atoms with Gasteiger partial charge in [0, 0.05) is 6.07 Å². The van der Waals surface area contributed by atoms with Crippen molar-refractivity contribution >= 4 is 31.4 Å². The lowest BCUT2D eigenvalue weighted by atomic mass is 10.3. The zero-order chi connectivity index (χ0) is 18.8. The molecule has 0 radical (unpaired) electrons. The smallest absolute Gasteiger partial charge is 0.279 e. The highest BCUT2D eigenvalue weighted by atomic mass is 32.2. The number of rotatable bonds is 6. The third-order valence-electron chi connectivity index (χ3n) is 3.11. The molecule has 0 unspecified atom stereocenters. The summed E-state index contributed by atoms with van der Waals surface area (Å²) in [7, 11) is -6.66. The maximum atomic E-state index is 13.3. The summed E-state index contributed by atoms with van der Waals surface area (Å²) in [6.07, 6.45) is 0. The zero-order valence-electron chi connectivity index (χ0n) is 12.6. The van der Waals surface area contributed by atoms with Gasteiger partial charge >= 0.3 is 5.69 Å². The number of nitro benzene ring substituents is 1. The molecule has 2 N–H and O–H groups in total. The molecule has 134 valence electrons. The van der Waals surface area contributed by atoms with E-state index in [1.54, 1.807) is 0 Å². The second-order valence-corrected chi connectivity index (χ2v) is 8.28. The first kappa shape index (κ1) is 18.8. The molecule has 0 amide bonds. The number of benzene rings is 2. The summed E-state index contributed by atoms with van der Waals surface area (Å²) in [4.78, 5) is 9.31. The minimum absolute atomic E-state index is 0.133. The molecule has 2 aromatic rings. The summed E-state index contributed by atoms with van der Waals surface area (Å²) in [6.45, 7) is 0. The molecule has 0 saturated heterocycles. The van der Waals surface area contributed by atoms with Crippen LogP contribution in [-0.4, -0.2) is 28.8 Å². The molecular weight excluding hydrogens is 377 g/mol. The van der Waals surface area contributed by atoms with Crippen LogP contribution >= 0.6 is 0 Å². The Bertz CT molecular complexity index is 1020. The Kier molecular flexibility index (Phi) is 5.06. The van der Waals surface area contributed by atoms with E-state index in [1.165, 1.54) is 7.05 Å². The van der Waals surface area contributed by atoms with Crippen LogP contribution in [0.5, 0.6) is 0 Å². The van der Waals surface area contributed by atoms with Gasteiger partial charge in [-0.3, -0.25) is 14.8 Å². The molecule has 0 aliphatic rings. The lowest BCUT2D eigenvalue weighted by molar-refractivity contribution is -0.387. The van der Waals surface area contributed by atoms with Crippen LogP contribution in [0.4, 0.5) is 15.8 Å². The highest BCUT2D eigenvalue weighted by Gasteiger charge is 2.20. The Morgan fingerprint density at radius 1 is 0.960 bits per heavy atom. The molecule has 0 bridgehead atoms. The minimum Gasteiger partial charge on any atom is -0.279 e. The van der Waals surface area contributed by atoms with E-state index in [1.807, 2.05) is 0 Å². The van der Waals surface area contributed by atoms with Crippen LogP contribution in [-0.2, 0) is 20.0 Å². The van der Waals surface area contributed by atoms with Crippen LogP contribution in [0.15, 0.2) is 52.3 Å². The van der Waals surface area contributed by atoms with Crippen molar-refractivity contribution in [3.8, 4) is 0 Å². The fourth-order valence-corrected chi connectivity index (χ4v) is 3.63. The average molecular weight is 389 g/mol. The molecule has 0 atom stereocenters. The van der Waals surface area contributed by atoms with Crippen LogP contribution < -0.4 is 9.44 Å². The first-order chi connectivity index (χ1) is 11.6. The molecule has 0 aromatic heterocycles. The predicted molar refractivity (Wildman–Crippen MR) is 86.6 cm³/mol. The van der Waals surface area contributed by atoms with Gasteiger partial charge < -0.3 is 0 Å². The molecule has 2 rings (SSSR count). The molecular formula is C13H12FN3O6S2. The fourth-order valence-electron chi connectivity index (χ4n) is 1.85. The number of sulfonamides is 2. The van der Waals surface area contributed by atoms with E-state index in [-0.39, 0.29) is 15.5 Å². The highest BCUT2D eigenvalue weighted by molar-refractivity contribution is 7.92. The van der Waals surface area contributed by atoms with Crippen LogP contribution in [0.3, 0.4) is 0 Å². The van der Waals surface area contributed by atoms with Crippen molar-refractivity contribution in [1.29, 1.82) is 0 Å². The van der Waals surface area contributed by atoms with Gasteiger partial charge in [0.15, 0.2) is 0 Å². The Hall–Kier alpha value is -2.57. The largest absolute Gasteiger partial charge is 0.306 e. The summed E-state index contributed by atoms with van der Waals surface area (Å²) in [5.74, 6) is -1.10. The number of nitrogens with one attached hydrogen (secondary N) is 2. The first-order valence-electron chi connectivity index (χ1n) is 6.57. The average Bonchev–Trinajstić information content (AvgIpc) is 2.56. The Morgan fingerprint density at radius 2 is 1.48 bits per heavy atom. The molecule has 9 nitrogen and oxygen atoms in total. The van der Waals surface area contributed by atoms with E-state index < -0.39 is 36.5 Å². The summed E-state index contributed by atoms with van der Waals surface area (Å²) in [5, 5.41) is 10.7. The van der Waals surface area contributed by atoms with E-state index in [2.05, 4.69) is 9.44 Å². The summed E-state index contributed by atoms with van der Waals surface area (Å²) < 4.78 is 65.2. The van der Waals surface area contributed by atoms with Crippen molar-refractivity contribution in [2.75, 3.05) is 11.8 Å². The van der Waals surface area contributed by atoms with Gasteiger partial charge in [0.2, 0.25) is 15.8 Å². The van der Waals surface area contributed by atoms with Crippen molar-refractivity contribution in [2.45, 2.75) is 9.79 Å². The third kappa shape index (κ3) is 4.10. The first-order valence-corrected chi connectivity index (χ1v) is 9.54. The van der Waals surface area contributed by atoms with Crippen molar-refractivity contribution in [2.24, 2.45) is 0 Å². The number of hydrogen-bond donors (Lipinski definition) is 2. The molecule has 2 aromatic carbocycles. The second kappa shape index (κ2) is 6.74. The van der Waals surface area contributed by atoms with Crippen LogP contribution in [0.2, 0.25) is 0 Å². The van der Waals surface area contributed by atoms with Gasteiger partial charge in [-0.1, -0.05) is 0 Å². The zero-order valence-corrected chi connectivity index (χ0v) is 14.3. The summed E-state index contributed by atoms with van der Waals surface area (Å²) in [5.41, 5.74) is -1.09. The van der Waals surface area contributed by atoms with Gasteiger partial charge in [0.1, 0.15) is 0 Å². The number of nitrogens with zero attached hydrogens (tertiary/aromatic N) is 1. The van der Waals surface area contributed by atoms with E-state index in [4.69, 9.17) is 0 Å². The predicted octanol–water partition coefficient (Wildman–Crippen LogP) is 1.44. The Morgan fingerprint density at radius 3 is 1.96 bits per heavy atom. The van der Waals surface area contributed by atoms with Gasteiger partial charge in [0.25, 0.3) is 10.0 Å². The molecule has 25 heavy (non-hydrogen) atoms. The van der Waals surface area contributed by atoms with E-state index in [9.17, 15) is 31.3 Å². The van der Waals surface area contributed by atoms with E-state index in [0.717, 1.165) is 42.5 Å². The molecule has 0 spiro atoms. The monoisotopic (exact) mass is 389 g/mol. The normalized spacial score (nSPS) is 11.9. The van der Waals surface area contributed by atoms with Gasteiger partial charge in [-0.25, -0.2) is 21.6 Å². The Balaban J connectivity index is 2.34. The summed E-state index contributed by atoms with van der Waals surface area (Å²) in [6, 6.07) is 6.83. The van der Waals surface area contributed by atoms with Crippen molar-refractivity contribution in [3.63, 3.8) is 0 Å². The second-order valence-electron chi connectivity index (χ2n) is 4.71. The van der Waals surface area contributed by atoms with Gasteiger partial charge in [-0.2, -0.15) is 4.39 Å². The number of anilines is 1. The molecule has 0 heterocycles. The molecule has 0 fully saturated rings. The SMILES string of the molecule is CNS(=O)(=O)c1ccc(S(=O)(=O)Nc2ccc(F)c([N+](=O)[O-])c2)cc1. The van der Waals surface area contributed by atoms with Crippen LogP contribution in [0.25, 0.3) is 0 Å². The number of halogens is 1. The Labute approximate surface area is 142 Å². The number of nitro groups is 1. The number of hydrogen-bond acceptors (Lipinski definition) is 6. The molecule has 0 aliphatic heterocycles. The molecule has 0 aliphatic carbocycles. The minimum atomic E-state index is -4.15. The van der Waals surface area contributed by atoms with Crippen LogP contribution in [0.1, 0.15) is 0 Å². The summed E-state index contributed by atoms with van der Waals surface area (Å²) >= 11 is 0. The fraction of sp³-hybridized carbons (Fsp3) is 0.0769. The van der Waals surface area contributed by atoms with E-state index >= 15 is 0 Å². The van der Waals surface area contributed by atoms with E-state index in [0.29, 0.717) is 0 Å². The molecule has 12 heteroatoms. The quantitative estimate of drug-likeness (QED) is 0.567. The topological polar surface area (TPSA) is 135 Å². The lowest BCUT2D eigenvalue weighted by Gasteiger charge is -2.09. The lowest BCUT2D eigenvalue weighted by Crippen LogP contribution is -2.19. The van der Waals surface area contributed by atoms with Crippen LogP contribution in [0, 0.1) is 15.9 Å². The third-order valence-corrected chi connectivity index (χ3v) is 5.94. The van der Waals surface area contributed by atoms with Gasteiger partial charge in [0.05, 0.1) is 20.4 Å². The standard InChI is InChI=1S/C13H12FN3O6S2/c1-15-24(20,21)10-3-5-11(6-4-10)25(22,23)16-9-2-7-12(14)13(8-9)17(18)19/h2-8,15-16H,1H3. The maximum absolute atomic E-state index is 13.3. The van der Waals surface area contributed by atoms with Crippen molar-refractivity contribution < 1.29 is 26.1 Å². The van der Waals surface area contributed by atoms with Crippen molar-refractivity contribution in [1.82, 2.24) is 4.72 Å². The van der Waals surface area contributed by atoms with Gasteiger partial charge in [-0.05, 0) is 43.4 Å². The van der Waals surface area contributed by atoms with Crippen molar-refractivity contribution in [3.05, 3.63) is 58.4 Å².